The fourth-order valence-electron chi connectivity index (χ4n) is 1.08. The van der Waals surface area contributed by atoms with E-state index >= 15 is 0 Å². The summed E-state index contributed by atoms with van der Waals surface area (Å²) in [5.41, 5.74) is 5.58. The Morgan fingerprint density at radius 2 is 2.06 bits per heavy atom. The summed E-state index contributed by atoms with van der Waals surface area (Å²) in [7, 11) is 0. The van der Waals surface area contributed by atoms with Gasteiger partial charge in [-0.3, -0.25) is 0 Å². The van der Waals surface area contributed by atoms with Crippen molar-refractivity contribution in [3.05, 3.63) is 35.7 Å². The zero-order valence-corrected chi connectivity index (χ0v) is 8.08. The van der Waals surface area contributed by atoms with Gasteiger partial charge in [0.2, 0.25) is 5.89 Å². The topological polar surface area (TPSA) is 77.0 Å². The lowest BCUT2D eigenvalue weighted by Gasteiger charge is -2.00. The van der Waals surface area contributed by atoms with Crippen LogP contribution in [0, 0.1) is 11.6 Å². The molecule has 0 atom stereocenters. The normalized spacial score (nSPS) is 10.4. The van der Waals surface area contributed by atoms with Crippen LogP contribution in [0.5, 0.6) is 0 Å². The molecule has 0 bridgehead atoms. The number of aromatic nitrogens is 2. The molecule has 1 aromatic heterocycles. The van der Waals surface area contributed by atoms with Gasteiger partial charge in [-0.15, -0.1) is 5.10 Å². The van der Waals surface area contributed by atoms with E-state index in [0.717, 1.165) is 12.1 Å². The van der Waals surface area contributed by atoms with Crippen LogP contribution in [0.2, 0.25) is 0 Å². The van der Waals surface area contributed by atoms with Gasteiger partial charge in [0.15, 0.2) is 11.6 Å². The van der Waals surface area contributed by atoms with Crippen LogP contribution in [-0.2, 0) is 6.54 Å². The molecular weight excluding hydrogens is 218 g/mol. The van der Waals surface area contributed by atoms with Gasteiger partial charge in [0.05, 0.1) is 6.54 Å². The number of nitrogens with one attached hydrogen (secondary N) is 1. The van der Waals surface area contributed by atoms with Gasteiger partial charge >= 0.3 is 6.01 Å². The predicted octanol–water partition coefficient (Wildman–Crippen LogP) is 1.55. The first kappa shape index (κ1) is 10.5. The average Bonchev–Trinajstić information content (AvgIpc) is 2.71. The fraction of sp³-hybridized carbons (Fsp3) is 0.111. The van der Waals surface area contributed by atoms with Gasteiger partial charge < -0.3 is 15.5 Å². The van der Waals surface area contributed by atoms with E-state index in [4.69, 9.17) is 10.2 Å². The van der Waals surface area contributed by atoms with E-state index in [-0.39, 0.29) is 18.5 Å². The van der Waals surface area contributed by atoms with E-state index in [1.54, 1.807) is 0 Å². The number of hydrogen-bond donors (Lipinski definition) is 2. The quantitative estimate of drug-likeness (QED) is 0.830. The van der Waals surface area contributed by atoms with Crippen molar-refractivity contribution in [1.82, 2.24) is 10.2 Å². The van der Waals surface area contributed by atoms with E-state index in [1.807, 2.05) is 0 Å². The SMILES string of the molecule is NCc1nnc(Nc2ccc(F)c(F)c2)o1. The molecule has 0 saturated carbocycles. The molecule has 0 aliphatic heterocycles. The number of benzene rings is 1. The highest BCUT2D eigenvalue weighted by atomic mass is 19.2. The Kier molecular flexibility index (Phi) is 2.78. The van der Waals surface area contributed by atoms with Crippen molar-refractivity contribution in [2.75, 3.05) is 5.32 Å². The fourth-order valence-corrected chi connectivity index (χ4v) is 1.08. The standard InChI is InChI=1S/C9H8F2N4O/c10-6-2-1-5(3-7(6)11)13-9-15-14-8(4-12)16-9/h1-3H,4,12H2,(H,13,15). The maximum absolute atomic E-state index is 12.9. The number of anilines is 2. The molecule has 3 N–H and O–H groups in total. The van der Waals surface area contributed by atoms with Crippen LogP contribution in [0.4, 0.5) is 20.5 Å². The van der Waals surface area contributed by atoms with E-state index in [9.17, 15) is 8.78 Å². The first-order valence-corrected chi connectivity index (χ1v) is 4.43. The Hall–Kier alpha value is -2.02. The van der Waals surface area contributed by atoms with E-state index < -0.39 is 11.6 Å². The molecule has 0 fully saturated rings. The summed E-state index contributed by atoms with van der Waals surface area (Å²) < 4.78 is 30.5. The van der Waals surface area contributed by atoms with Gasteiger partial charge in [0.25, 0.3) is 0 Å². The largest absolute Gasteiger partial charge is 0.406 e. The second-order valence-electron chi connectivity index (χ2n) is 2.96. The van der Waals surface area contributed by atoms with Crippen LogP contribution in [0.15, 0.2) is 22.6 Å². The first-order valence-electron chi connectivity index (χ1n) is 4.43. The van der Waals surface area contributed by atoms with Gasteiger partial charge in [0.1, 0.15) is 0 Å². The van der Waals surface area contributed by atoms with Gasteiger partial charge in [-0.25, -0.2) is 8.78 Å². The highest BCUT2D eigenvalue weighted by Gasteiger charge is 2.06. The maximum Gasteiger partial charge on any atom is 0.320 e. The van der Waals surface area contributed by atoms with Gasteiger partial charge in [-0.05, 0) is 12.1 Å². The van der Waals surface area contributed by atoms with Crippen molar-refractivity contribution in [2.24, 2.45) is 5.73 Å². The molecule has 0 saturated heterocycles. The van der Waals surface area contributed by atoms with E-state index in [1.165, 1.54) is 6.07 Å². The molecular formula is C9H8F2N4O. The maximum atomic E-state index is 12.9. The van der Waals surface area contributed by atoms with Crippen molar-refractivity contribution in [3.63, 3.8) is 0 Å². The zero-order valence-electron chi connectivity index (χ0n) is 8.08. The third kappa shape index (κ3) is 2.14. The van der Waals surface area contributed by atoms with Crippen LogP contribution in [0.3, 0.4) is 0 Å². The van der Waals surface area contributed by atoms with E-state index in [0.29, 0.717) is 5.69 Å². The van der Waals surface area contributed by atoms with Crippen LogP contribution >= 0.6 is 0 Å². The summed E-state index contributed by atoms with van der Waals surface area (Å²) in [4.78, 5) is 0. The smallest absolute Gasteiger partial charge is 0.320 e. The summed E-state index contributed by atoms with van der Waals surface area (Å²) in [6.07, 6.45) is 0. The van der Waals surface area contributed by atoms with Crippen molar-refractivity contribution in [2.45, 2.75) is 6.54 Å². The Morgan fingerprint density at radius 1 is 1.25 bits per heavy atom. The molecule has 0 aliphatic rings. The lowest BCUT2D eigenvalue weighted by molar-refractivity contribution is 0.506. The predicted molar refractivity (Wildman–Crippen MR) is 51.8 cm³/mol. The van der Waals surface area contributed by atoms with Crippen LogP contribution in [0.1, 0.15) is 5.89 Å². The third-order valence-electron chi connectivity index (χ3n) is 1.81. The lowest BCUT2D eigenvalue weighted by atomic mass is 10.3. The summed E-state index contributed by atoms with van der Waals surface area (Å²) in [6, 6.07) is 3.41. The number of nitrogens with two attached hydrogens (primary N) is 1. The van der Waals surface area contributed by atoms with Crippen LogP contribution < -0.4 is 11.1 Å². The van der Waals surface area contributed by atoms with E-state index in [2.05, 4.69) is 15.5 Å². The van der Waals surface area contributed by atoms with Crippen molar-refractivity contribution < 1.29 is 13.2 Å². The van der Waals surface area contributed by atoms with Gasteiger partial charge in [-0.1, -0.05) is 5.10 Å². The molecule has 1 heterocycles. The molecule has 0 spiro atoms. The number of rotatable bonds is 3. The molecule has 2 rings (SSSR count). The Labute approximate surface area is 89.3 Å². The molecule has 5 nitrogen and oxygen atoms in total. The van der Waals surface area contributed by atoms with Crippen molar-refractivity contribution in [3.8, 4) is 0 Å². The summed E-state index contributed by atoms with van der Waals surface area (Å²) >= 11 is 0. The minimum atomic E-state index is -0.955. The minimum absolute atomic E-state index is 0.0754. The molecule has 84 valence electrons. The zero-order chi connectivity index (χ0) is 11.5. The molecule has 7 heteroatoms. The number of halogens is 2. The molecule has 0 radical (unpaired) electrons. The van der Waals surface area contributed by atoms with Gasteiger partial charge in [-0.2, -0.15) is 0 Å². The average molecular weight is 226 g/mol. The number of nitrogens with zero attached hydrogens (tertiary/aromatic N) is 2. The monoisotopic (exact) mass is 226 g/mol. The Balaban J connectivity index is 2.17. The lowest BCUT2D eigenvalue weighted by Crippen LogP contribution is -1.95. The van der Waals surface area contributed by atoms with Gasteiger partial charge in [0, 0.05) is 11.8 Å². The highest BCUT2D eigenvalue weighted by molar-refractivity contribution is 5.51. The van der Waals surface area contributed by atoms with Crippen molar-refractivity contribution >= 4 is 11.7 Å². The summed E-state index contributed by atoms with van der Waals surface area (Å²) in [5.74, 6) is -1.62. The Bertz CT molecular complexity index is 500. The molecule has 2 aromatic rings. The van der Waals surface area contributed by atoms with Crippen LogP contribution in [0.25, 0.3) is 0 Å². The second-order valence-corrected chi connectivity index (χ2v) is 2.96. The molecule has 0 unspecified atom stereocenters. The number of hydrogen-bond acceptors (Lipinski definition) is 5. The third-order valence-corrected chi connectivity index (χ3v) is 1.81. The highest BCUT2D eigenvalue weighted by Crippen LogP contribution is 2.17. The summed E-state index contributed by atoms with van der Waals surface area (Å²) in [6.45, 7) is 0.118. The molecule has 16 heavy (non-hydrogen) atoms. The van der Waals surface area contributed by atoms with Crippen LogP contribution in [-0.4, -0.2) is 10.2 Å². The second kappa shape index (κ2) is 4.23. The van der Waals surface area contributed by atoms with Crippen molar-refractivity contribution in [1.29, 1.82) is 0 Å². The molecule has 0 amide bonds. The minimum Gasteiger partial charge on any atom is -0.406 e. The molecule has 1 aromatic carbocycles. The Morgan fingerprint density at radius 3 is 2.69 bits per heavy atom. The molecule has 0 aliphatic carbocycles. The summed E-state index contributed by atoms with van der Waals surface area (Å²) in [5, 5.41) is 9.83. The first-order chi connectivity index (χ1) is 7.69.